The van der Waals surface area contributed by atoms with Gasteiger partial charge < -0.3 is 0 Å². The van der Waals surface area contributed by atoms with Gasteiger partial charge in [0.05, 0.1) is 12.4 Å². The third kappa shape index (κ3) is 1.16. The molecule has 4 nitrogen and oxygen atoms in total. The van der Waals surface area contributed by atoms with Gasteiger partial charge in [-0.2, -0.15) is 0 Å². The molecular formula is C8H12N4. The fourth-order valence-electron chi connectivity index (χ4n) is 1.47. The Morgan fingerprint density at radius 1 is 1.17 bits per heavy atom. The number of fused-ring (bicyclic) bond motifs is 1. The number of hydrogen-bond donors (Lipinski definition) is 2. The summed E-state index contributed by atoms with van der Waals surface area (Å²) in [5.74, 6) is 11.4. The number of rotatable bonds is 0. The molecule has 0 bridgehead atoms. The highest BCUT2D eigenvalue weighted by atomic mass is 15.6. The van der Waals surface area contributed by atoms with E-state index in [2.05, 4.69) is 0 Å². The van der Waals surface area contributed by atoms with Crippen LogP contribution >= 0.6 is 0 Å². The molecule has 0 radical (unpaired) electrons. The van der Waals surface area contributed by atoms with Crippen LogP contribution in [0.3, 0.4) is 0 Å². The Hall–Kier alpha value is -1.10. The monoisotopic (exact) mass is 164 g/mol. The Kier molecular flexibility index (Phi) is 1.73. The van der Waals surface area contributed by atoms with Crippen molar-refractivity contribution in [3.63, 3.8) is 0 Å². The molecule has 12 heavy (non-hydrogen) atoms. The summed E-state index contributed by atoms with van der Waals surface area (Å²) < 4.78 is 0. The largest absolute Gasteiger partial charge is 0.295 e. The first-order chi connectivity index (χ1) is 5.77. The van der Waals surface area contributed by atoms with E-state index in [0.717, 1.165) is 12.2 Å². The lowest BCUT2D eigenvalue weighted by atomic mass is 10.1. The van der Waals surface area contributed by atoms with Crippen molar-refractivity contribution in [2.45, 2.75) is 6.54 Å². The molecular weight excluding hydrogens is 152 g/mol. The molecule has 0 aliphatic carbocycles. The molecule has 0 aromatic heterocycles. The Labute approximate surface area is 71.3 Å². The fourth-order valence-corrected chi connectivity index (χ4v) is 1.47. The van der Waals surface area contributed by atoms with Crippen molar-refractivity contribution in [1.82, 2.24) is 5.01 Å². The van der Waals surface area contributed by atoms with Gasteiger partial charge in [0.15, 0.2) is 0 Å². The summed E-state index contributed by atoms with van der Waals surface area (Å²) in [5.41, 5.74) is 2.24. The third-order valence-corrected chi connectivity index (χ3v) is 2.01. The molecule has 64 valence electrons. The smallest absolute Gasteiger partial charge is 0.0992 e. The van der Waals surface area contributed by atoms with Crippen molar-refractivity contribution in [1.29, 1.82) is 0 Å². The van der Waals surface area contributed by atoms with Gasteiger partial charge in [0.25, 0.3) is 0 Å². The van der Waals surface area contributed by atoms with E-state index in [1.165, 1.54) is 5.56 Å². The molecule has 0 saturated carbocycles. The maximum absolute atomic E-state index is 5.75. The van der Waals surface area contributed by atoms with E-state index in [1.807, 2.05) is 24.3 Å². The number of hydrazine groups is 2. The summed E-state index contributed by atoms with van der Waals surface area (Å²) in [7, 11) is 0. The zero-order valence-electron chi connectivity index (χ0n) is 6.77. The van der Waals surface area contributed by atoms with Gasteiger partial charge in [-0.25, -0.2) is 10.9 Å². The molecule has 0 amide bonds. The average molecular weight is 164 g/mol. The van der Waals surface area contributed by atoms with Crippen LogP contribution in [0.2, 0.25) is 0 Å². The molecule has 4 N–H and O–H groups in total. The number of anilines is 1. The van der Waals surface area contributed by atoms with Crippen molar-refractivity contribution >= 4 is 5.69 Å². The van der Waals surface area contributed by atoms with E-state index >= 15 is 0 Å². The maximum atomic E-state index is 5.75. The zero-order valence-corrected chi connectivity index (χ0v) is 6.77. The van der Waals surface area contributed by atoms with E-state index in [9.17, 15) is 0 Å². The average Bonchev–Trinajstić information content (AvgIpc) is 2.04. The number of hydrogen-bond acceptors (Lipinski definition) is 4. The SMILES string of the molecule is NN1Cc2ccccc2N(N)C1. The van der Waals surface area contributed by atoms with Gasteiger partial charge in [-0.05, 0) is 11.6 Å². The standard InChI is InChI=1S/C8H12N4/c9-11-5-7-3-1-2-4-8(7)12(10)6-11/h1-4H,5-6,9-10H2. The molecule has 0 atom stereocenters. The van der Waals surface area contributed by atoms with E-state index in [1.54, 1.807) is 10.0 Å². The maximum Gasteiger partial charge on any atom is 0.0992 e. The summed E-state index contributed by atoms with van der Waals surface area (Å²) in [6, 6.07) is 8.01. The van der Waals surface area contributed by atoms with Crippen LogP contribution in [0.1, 0.15) is 5.56 Å². The second-order valence-electron chi connectivity index (χ2n) is 2.99. The van der Waals surface area contributed by atoms with E-state index in [4.69, 9.17) is 11.7 Å². The van der Waals surface area contributed by atoms with Crippen LogP contribution in [0.15, 0.2) is 24.3 Å². The first-order valence-electron chi connectivity index (χ1n) is 3.87. The second-order valence-corrected chi connectivity index (χ2v) is 2.99. The van der Waals surface area contributed by atoms with E-state index in [0.29, 0.717) is 6.67 Å². The van der Waals surface area contributed by atoms with E-state index < -0.39 is 0 Å². The molecule has 1 aromatic rings. The first kappa shape index (κ1) is 7.54. The molecule has 4 heteroatoms. The predicted octanol–water partition coefficient (Wildman–Crippen LogP) is 0.0135. The number of nitrogens with two attached hydrogens (primary N) is 2. The lowest BCUT2D eigenvalue weighted by Gasteiger charge is -2.32. The van der Waals surface area contributed by atoms with Gasteiger partial charge in [0, 0.05) is 6.54 Å². The lowest BCUT2D eigenvalue weighted by Crippen LogP contribution is -2.49. The van der Waals surface area contributed by atoms with Crippen molar-refractivity contribution in [2.75, 3.05) is 11.7 Å². The van der Waals surface area contributed by atoms with Crippen LogP contribution in [0.5, 0.6) is 0 Å². The van der Waals surface area contributed by atoms with E-state index in [-0.39, 0.29) is 0 Å². The molecule has 1 aliphatic heterocycles. The molecule has 1 aliphatic rings. The van der Waals surface area contributed by atoms with Gasteiger partial charge in [0.1, 0.15) is 0 Å². The molecule has 0 saturated heterocycles. The third-order valence-electron chi connectivity index (χ3n) is 2.01. The van der Waals surface area contributed by atoms with Crippen LogP contribution in [0, 0.1) is 0 Å². The van der Waals surface area contributed by atoms with Crippen LogP contribution in [0.25, 0.3) is 0 Å². The topological polar surface area (TPSA) is 58.5 Å². The van der Waals surface area contributed by atoms with Gasteiger partial charge in [-0.3, -0.25) is 10.9 Å². The fraction of sp³-hybridized carbons (Fsp3) is 0.250. The second kappa shape index (κ2) is 2.75. The minimum Gasteiger partial charge on any atom is -0.295 e. The molecule has 1 heterocycles. The lowest BCUT2D eigenvalue weighted by molar-refractivity contribution is 0.261. The molecule has 0 fully saturated rings. The van der Waals surface area contributed by atoms with Crippen LogP contribution in [-0.2, 0) is 6.54 Å². The van der Waals surface area contributed by atoms with Crippen molar-refractivity contribution in [3.8, 4) is 0 Å². The number of benzene rings is 1. The first-order valence-corrected chi connectivity index (χ1v) is 3.87. The molecule has 0 spiro atoms. The van der Waals surface area contributed by atoms with Crippen molar-refractivity contribution in [3.05, 3.63) is 29.8 Å². The normalized spacial score (nSPS) is 17.7. The van der Waals surface area contributed by atoms with Crippen LogP contribution < -0.4 is 16.7 Å². The predicted molar refractivity (Wildman–Crippen MR) is 47.7 cm³/mol. The quantitative estimate of drug-likeness (QED) is 0.530. The summed E-state index contributed by atoms with van der Waals surface area (Å²) >= 11 is 0. The summed E-state index contributed by atoms with van der Waals surface area (Å²) in [6.07, 6.45) is 0. The Morgan fingerprint density at radius 3 is 2.75 bits per heavy atom. The molecule has 0 unspecified atom stereocenters. The molecule has 1 aromatic carbocycles. The van der Waals surface area contributed by atoms with Crippen LogP contribution in [0.4, 0.5) is 5.69 Å². The Balaban J connectivity index is 2.40. The summed E-state index contributed by atoms with van der Waals surface area (Å²) in [5, 5.41) is 3.33. The minimum absolute atomic E-state index is 0.580. The van der Waals surface area contributed by atoms with Crippen LogP contribution in [-0.4, -0.2) is 11.7 Å². The Morgan fingerprint density at radius 2 is 1.92 bits per heavy atom. The van der Waals surface area contributed by atoms with Gasteiger partial charge in [-0.1, -0.05) is 18.2 Å². The van der Waals surface area contributed by atoms with Crippen molar-refractivity contribution < 1.29 is 0 Å². The zero-order chi connectivity index (χ0) is 8.55. The molecule has 2 rings (SSSR count). The highest BCUT2D eigenvalue weighted by Crippen LogP contribution is 2.22. The number of nitrogens with zero attached hydrogens (tertiary/aromatic N) is 2. The van der Waals surface area contributed by atoms with Gasteiger partial charge >= 0.3 is 0 Å². The Bertz CT molecular complexity index is 286. The summed E-state index contributed by atoms with van der Waals surface area (Å²) in [6.45, 7) is 1.35. The highest BCUT2D eigenvalue weighted by molar-refractivity contribution is 5.53. The van der Waals surface area contributed by atoms with Gasteiger partial charge in [-0.15, -0.1) is 0 Å². The minimum atomic E-state index is 0.580. The number of para-hydroxylation sites is 1. The highest BCUT2D eigenvalue weighted by Gasteiger charge is 2.16. The summed E-state index contributed by atoms with van der Waals surface area (Å²) in [4.78, 5) is 0. The van der Waals surface area contributed by atoms with Gasteiger partial charge in [0.2, 0.25) is 0 Å². The van der Waals surface area contributed by atoms with Crippen molar-refractivity contribution in [2.24, 2.45) is 11.7 Å².